The van der Waals surface area contributed by atoms with Gasteiger partial charge in [0.25, 0.3) is 0 Å². The lowest BCUT2D eigenvalue weighted by molar-refractivity contribution is 0.662. The average Bonchev–Trinajstić information content (AvgIpc) is 4.19. The first-order valence-electron chi connectivity index (χ1n) is 22.8. The van der Waals surface area contributed by atoms with E-state index < -0.39 is 0 Å². The zero-order valence-corrected chi connectivity index (χ0v) is 35.7. The minimum atomic E-state index is 0.799. The molecule has 5 nitrogen and oxygen atoms in total. The SMILES string of the molecule is c1ccc2c(c1)oc1c(-c3cc4oc5cc6cc(-n7c8ccccc8c8ccccc87)ccc6cc5c4c4c3oc3cc5cc(-n6c7ccccc7c7ccccc76)ccc5cc34)cccc12. The van der Waals surface area contributed by atoms with Crippen LogP contribution in [0.4, 0.5) is 0 Å². The molecule has 0 aliphatic heterocycles. The molecular formula is C62H34N2O3. The number of benzene rings is 11. The predicted molar refractivity (Wildman–Crippen MR) is 277 cm³/mol. The van der Waals surface area contributed by atoms with Gasteiger partial charge < -0.3 is 22.4 Å². The summed E-state index contributed by atoms with van der Waals surface area (Å²) in [6.07, 6.45) is 0. The number of rotatable bonds is 3. The monoisotopic (exact) mass is 854 g/mol. The van der Waals surface area contributed by atoms with Gasteiger partial charge in [0, 0.05) is 76.4 Å². The second-order valence-electron chi connectivity index (χ2n) is 18.0. The molecule has 0 unspecified atom stereocenters. The fourth-order valence-corrected chi connectivity index (χ4v) is 11.5. The number of fused-ring (bicyclic) bond motifs is 18. The number of furan rings is 3. The van der Waals surface area contributed by atoms with Crippen molar-refractivity contribution in [1.29, 1.82) is 0 Å². The van der Waals surface area contributed by atoms with Gasteiger partial charge in [-0.2, -0.15) is 0 Å². The number of aromatic nitrogens is 2. The third kappa shape index (κ3) is 4.76. The Morgan fingerprint density at radius 2 is 0.731 bits per heavy atom. The summed E-state index contributed by atoms with van der Waals surface area (Å²) in [4.78, 5) is 0. The number of nitrogens with zero attached hydrogens (tertiary/aromatic N) is 2. The topological polar surface area (TPSA) is 49.3 Å². The fraction of sp³-hybridized carbons (Fsp3) is 0. The van der Waals surface area contributed by atoms with Crippen molar-refractivity contribution in [3.63, 3.8) is 0 Å². The van der Waals surface area contributed by atoms with E-state index >= 15 is 0 Å². The Balaban J connectivity index is 0.962. The van der Waals surface area contributed by atoms with Crippen LogP contribution in [0.2, 0.25) is 0 Å². The molecule has 0 saturated heterocycles. The van der Waals surface area contributed by atoms with Crippen molar-refractivity contribution in [3.05, 3.63) is 206 Å². The van der Waals surface area contributed by atoms with Crippen LogP contribution in [-0.4, -0.2) is 9.13 Å². The number of hydrogen-bond donors (Lipinski definition) is 0. The van der Waals surface area contributed by atoms with Gasteiger partial charge in [-0.25, -0.2) is 0 Å². The van der Waals surface area contributed by atoms with E-state index in [4.69, 9.17) is 13.3 Å². The van der Waals surface area contributed by atoms with Gasteiger partial charge in [-0.15, -0.1) is 0 Å². The number of para-hydroxylation sites is 6. The van der Waals surface area contributed by atoms with Crippen LogP contribution < -0.4 is 0 Å². The fourth-order valence-electron chi connectivity index (χ4n) is 11.5. The molecule has 0 amide bonds. The van der Waals surface area contributed by atoms with Crippen LogP contribution in [-0.2, 0) is 0 Å². The third-order valence-electron chi connectivity index (χ3n) is 14.4. The highest BCUT2D eigenvalue weighted by Crippen LogP contribution is 2.48. The molecule has 0 aliphatic carbocycles. The summed E-state index contributed by atoms with van der Waals surface area (Å²) in [7, 11) is 0. The molecule has 0 N–H and O–H groups in total. The summed E-state index contributed by atoms with van der Waals surface area (Å²) >= 11 is 0. The minimum Gasteiger partial charge on any atom is -0.456 e. The number of hydrogen-bond acceptors (Lipinski definition) is 3. The molecule has 0 aliphatic rings. The summed E-state index contributed by atoms with van der Waals surface area (Å²) in [6, 6.07) is 74.0. The predicted octanol–water partition coefficient (Wildman–Crippen LogP) is 17.6. The minimum absolute atomic E-state index is 0.799. The molecule has 11 aromatic carbocycles. The lowest BCUT2D eigenvalue weighted by Gasteiger charge is -2.09. The van der Waals surface area contributed by atoms with E-state index in [-0.39, 0.29) is 0 Å². The van der Waals surface area contributed by atoms with Gasteiger partial charge in [0.2, 0.25) is 0 Å². The molecule has 0 atom stereocenters. The molecule has 16 rings (SSSR count). The molecule has 0 bridgehead atoms. The molecule has 0 radical (unpaired) electrons. The Morgan fingerprint density at radius 3 is 1.31 bits per heavy atom. The van der Waals surface area contributed by atoms with Crippen molar-refractivity contribution >= 4 is 131 Å². The standard InChI is InChI=1S/C62H34N2O3/c1-6-19-51-41(12-1)42-13-2-7-20-52(42)63(51)39-26-24-35-30-49-56(32-37(35)28-39)65-58-34-48(47-18-11-17-46-45-16-5-10-23-55(45)66-61(46)47)62-60(59(49)58)50-31-36-25-27-40(29-38(36)33-57(50)67-62)64-53-21-8-3-14-43(53)44-15-4-9-22-54(44)64/h1-34H. The van der Waals surface area contributed by atoms with Crippen LogP contribution >= 0.6 is 0 Å². The van der Waals surface area contributed by atoms with Crippen molar-refractivity contribution < 1.29 is 13.3 Å². The van der Waals surface area contributed by atoms with E-state index in [1.165, 1.54) is 43.6 Å². The first kappa shape index (κ1) is 35.3. The van der Waals surface area contributed by atoms with Crippen molar-refractivity contribution in [3.8, 4) is 22.5 Å². The highest BCUT2D eigenvalue weighted by molar-refractivity contribution is 6.31. The Kier molecular flexibility index (Phi) is 6.75. The van der Waals surface area contributed by atoms with Crippen LogP contribution in [0.5, 0.6) is 0 Å². The molecule has 16 aromatic rings. The highest BCUT2D eigenvalue weighted by Gasteiger charge is 2.24. The first-order chi connectivity index (χ1) is 33.2. The van der Waals surface area contributed by atoms with Gasteiger partial charge in [-0.1, -0.05) is 121 Å². The largest absolute Gasteiger partial charge is 0.456 e. The van der Waals surface area contributed by atoms with Crippen LogP contribution in [0.3, 0.4) is 0 Å². The van der Waals surface area contributed by atoms with Gasteiger partial charge in [0.05, 0.1) is 22.1 Å². The summed E-state index contributed by atoms with van der Waals surface area (Å²) in [5.41, 5.74) is 13.8. The molecule has 310 valence electrons. The smallest absolute Gasteiger partial charge is 0.144 e. The van der Waals surface area contributed by atoms with E-state index in [9.17, 15) is 0 Å². The zero-order valence-electron chi connectivity index (χ0n) is 35.7. The normalized spacial score (nSPS) is 12.5. The van der Waals surface area contributed by atoms with Crippen LogP contribution in [0.25, 0.3) is 153 Å². The first-order valence-corrected chi connectivity index (χ1v) is 22.8. The Morgan fingerprint density at radius 1 is 0.254 bits per heavy atom. The maximum atomic E-state index is 7.19. The van der Waals surface area contributed by atoms with Gasteiger partial charge in [-0.3, -0.25) is 0 Å². The third-order valence-corrected chi connectivity index (χ3v) is 14.4. The Hall–Kier alpha value is -9.06. The van der Waals surface area contributed by atoms with Crippen molar-refractivity contribution in [2.24, 2.45) is 0 Å². The quantitative estimate of drug-likeness (QED) is 0.178. The van der Waals surface area contributed by atoms with Crippen LogP contribution in [0.15, 0.2) is 220 Å². The Labute approximate surface area is 380 Å². The van der Waals surface area contributed by atoms with E-state index in [1.54, 1.807) is 0 Å². The second kappa shape index (κ2) is 12.8. The molecule has 0 spiro atoms. The summed E-state index contributed by atoms with van der Waals surface area (Å²) in [5, 5.41) is 15.8. The molecule has 5 aromatic heterocycles. The summed E-state index contributed by atoms with van der Waals surface area (Å²) in [5.74, 6) is 0. The van der Waals surface area contributed by atoms with E-state index in [2.05, 4.69) is 203 Å². The lowest BCUT2D eigenvalue weighted by Crippen LogP contribution is -1.93. The van der Waals surface area contributed by atoms with E-state index in [0.29, 0.717) is 0 Å². The second-order valence-corrected chi connectivity index (χ2v) is 18.0. The average molecular weight is 855 g/mol. The molecule has 0 fully saturated rings. The maximum Gasteiger partial charge on any atom is 0.144 e. The van der Waals surface area contributed by atoms with Crippen molar-refractivity contribution in [2.75, 3.05) is 0 Å². The molecular weight excluding hydrogens is 821 g/mol. The zero-order chi connectivity index (χ0) is 43.5. The van der Waals surface area contributed by atoms with Crippen molar-refractivity contribution in [1.82, 2.24) is 9.13 Å². The molecule has 0 saturated carbocycles. The summed E-state index contributed by atoms with van der Waals surface area (Å²) in [6.45, 7) is 0. The van der Waals surface area contributed by atoms with Crippen LogP contribution in [0.1, 0.15) is 0 Å². The molecule has 5 heterocycles. The van der Waals surface area contributed by atoms with E-state index in [0.717, 1.165) is 110 Å². The Bertz CT molecular complexity index is 4710. The highest BCUT2D eigenvalue weighted by atomic mass is 16.3. The lowest BCUT2D eigenvalue weighted by atomic mass is 9.95. The molecule has 5 heteroatoms. The van der Waals surface area contributed by atoms with E-state index in [1.807, 2.05) is 12.1 Å². The van der Waals surface area contributed by atoms with Gasteiger partial charge >= 0.3 is 0 Å². The van der Waals surface area contributed by atoms with Crippen LogP contribution in [0, 0.1) is 0 Å². The summed E-state index contributed by atoms with van der Waals surface area (Å²) < 4.78 is 25.6. The maximum absolute atomic E-state index is 7.19. The van der Waals surface area contributed by atoms with Crippen molar-refractivity contribution in [2.45, 2.75) is 0 Å². The van der Waals surface area contributed by atoms with Gasteiger partial charge in [0.1, 0.15) is 33.5 Å². The van der Waals surface area contributed by atoms with Gasteiger partial charge in [0.15, 0.2) is 0 Å². The van der Waals surface area contributed by atoms with Gasteiger partial charge in [-0.05, 0) is 106 Å². The molecule has 67 heavy (non-hydrogen) atoms.